The fourth-order valence-electron chi connectivity index (χ4n) is 1.42. The second kappa shape index (κ2) is 4.94. The summed E-state index contributed by atoms with van der Waals surface area (Å²) >= 11 is 1.55. The van der Waals surface area contributed by atoms with Crippen molar-refractivity contribution in [2.24, 2.45) is 0 Å². The van der Waals surface area contributed by atoms with E-state index in [2.05, 4.69) is 15.3 Å². The number of carbonyl (C=O) groups is 1. The summed E-state index contributed by atoms with van der Waals surface area (Å²) in [5.74, 6) is 0.882. The molecule has 84 valence electrons. The first-order valence-electron chi connectivity index (χ1n) is 5.06. The van der Waals surface area contributed by atoms with Crippen molar-refractivity contribution < 1.29 is 4.79 Å². The van der Waals surface area contributed by atoms with Crippen LogP contribution in [0.2, 0.25) is 0 Å². The van der Waals surface area contributed by atoms with Crippen LogP contribution in [-0.2, 0) is 6.42 Å². The molecule has 0 aliphatic carbocycles. The Labute approximate surface area is 97.7 Å². The maximum Gasteiger partial charge on any atom is 0.252 e. The highest BCUT2D eigenvalue weighted by Gasteiger charge is 2.08. The lowest BCUT2D eigenvalue weighted by atomic mass is 10.2. The number of H-pyrrole nitrogens is 1. The maximum absolute atomic E-state index is 11.7. The quantitative estimate of drug-likeness (QED) is 0.848. The van der Waals surface area contributed by atoms with Gasteiger partial charge in [0.2, 0.25) is 0 Å². The van der Waals surface area contributed by atoms with E-state index in [1.807, 2.05) is 17.7 Å². The van der Waals surface area contributed by atoms with Crippen LogP contribution in [0.3, 0.4) is 0 Å². The van der Waals surface area contributed by atoms with E-state index in [9.17, 15) is 4.79 Å². The lowest BCUT2D eigenvalue weighted by Gasteiger charge is -2.03. The van der Waals surface area contributed by atoms with Crippen molar-refractivity contribution in [3.05, 3.63) is 40.1 Å². The van der Waals surface area contributed by atoms with Crippen LogP contribution in [-0.4, -0.2) is 22.4 Å². The molecule has 1 amide bonds. The van der Waals surface area contributed by atoms with Crippen molar-refractivity contribution in [2.45, 2.75) is 13.3 Å². The molecule has 4 nitrogen and oxygen atoms in total. The second-order valence-corrected chi connectivity index (χ2v) is 4.25. The number of imidazole rings is 1. The number of carbonyl (C=O) groups excluding carboxylic acids is 1. The number of aromatic nitrogens is 2. The van der Waals surface area contributed by atoms with Crippen LogP contribution in [0.5, 0.6) is 0 Å². The Bertz CT molecular complexity index is 461. The predicted octanol–water partition coefficient (Wildman–Crippen LogP) is 1.75. The van der Waals surface area contributed by atoms with Crippen molar-refractivity contribution in [1.82, 2.24) is 15.3 Å². The van der Waals surface area contributed by atoms with Crippen molar-refractivity contribution >= 4 is 17.2 Å². The minimum absolute atomic E-state index is 0.00898. The van der Waals surface area contributed by atoms with Gasteiger partial charge in [-0.05, 0) is 17.9 Å². The van der Waals surface area contributed by atoms with Gasteiger partial charge in [-0.1, -0.05) is 0 Å². The SMILES string of the molecule is Cc1cscc1C(=O)NCCc1ncc[nH]1. The molecule has 0 bridgehead atoms. The third kappa shape index (κ3) is 2.49. The molecular weight excluding hydrogens is 222 g/mol. The van der Waals surface area contributed by atoms with E-state index in [1.165, 1.54) is 0 Å². The molecule has 0 saturated carbocycles. The summed E-state index contributed by atoms with van der Waals surface area (Å²) in [6.45, 7) is 2.54. The summed E-state index contributed by atoms with van der Waals surface area (Å²) in [4.78, 5) is 18.8. The molecule has 2 aromatic heterocycles. The van der Waals surface area contributed by atoms with Gasteiger partial charge in [0.25, 0.3) is 5.91 Å². The van der Waals surface area contributed by atoms with E-state index in [0.29, 0.717) is 6.54 Å². The molecule has 0 radical (unpaired) electrons. The first-order valence-corrected chi connectivity index (χ1v) is 6.01. The summed E-state index contributed by atoms with van der Waals surface area (Å²) in [5.41, 5.74) is 1.80. The van der Waals surface area contributed by atoms with Crippen molar-refractivity contribution in [2.75, 3.05) is 6.54 Å². The molecule has 2 aromatic rings. The number of amides is 1. The Balaban J connectivity index is 1.83. The lowest BCUT2D eigenvalue weighted by Crippen LogP contribution is -2.26. The molecule has 5 heteroatoms. The number of aromatic amines is 1. The van der Waals surface area contributed by atoms with Crippen LogP contribution in [0.15, 0.2) is 23.2 Å². The number of hydrogen-bond acceptors (Lipinski definition) is 3. The van der Waals surface area contributed by atoms with Gasteiger partial charge in [-0.25, -0.2) is 4.98 Å². The van der Waals surface area contributed by atoms with Crippen molar-refractivity contribution in [3.8, 4) is 0 Å². The Morgan fingerprint density at radius 3 is 3.06 bits per heavy atom. The zero-order valence-electron chi connectivity index (χ0n) is 8.99. The highest BCUT2D eigenvalue weighted by atomic mass is 32.1. The van der Waals surface area contributed by atoms with Crippen LogP contribution < -0.4 is 5.32 Å². The minimum Gasteiger partial charge on any atom is -0.352 e. The van der Waals surface area contributed by atoms with Gasteiger partial charge >= 0.3 is 0 Å². The number of hydrogen-bond donors (Lipinski definition) is 2. The molecule has 2 rings (SSSR count). The standard InChI is InChI=1S/C11H13N3OS/c1-8-6-16-7-9(8)11(15)14-3-2-10-12-4-5-13-10/h4-7H,2-3H2,1H3,(H,12,13)(H,14,15). The van der Waals surface area contributed by atoms with Crippen molar-refractivity contribution in [3.63, 3.8) is 0 Å². The topological polar surface area (TPSA) is 57.8 Å². The summed E-state index contributed by atoms with van der Waals surface area (Å²) in [5, 5.41) is 6.72. The smallest absolute Gasteiger partial charge is 0.252 e. The summed E-state index contributed by atoms with van der Waals surface area (Å²) in [6, 6.07) is 0. The lowest BCUT2D eigenvalue weighted by molar-refractivity contribution is 0.0954. The summed E-state index contributed by atoms with van der Waals surface area (Å²) < 4.78 is 0. The van der Waals surface area contributed by atoms with Gasteiger partial charge in [0.15, 0.2) is 0 Å². The summed E-state index contributed by atoms with van der Waals surface area (Å²) in [7, 11) is 0. The molecule has 0 aliphatic heterocycles. The van der Waals surface area contributed by atoms with Crippen LogP contribution in [0.4, 0.5) is 0 Å². The van der Waals surface area contributed by atoms with E-state index in [-0.39, 0.29) is 5.91 Å². The highest BCUT2D eigenvalue weighted by Crippen LogP contribution is 2.12. The average Bonchev–Trinajstić information content (AvgIpc) is 2.88. The molecule has 0 spiro atoms. The van der Waals surface area contributed by atoms with E-state index < -0.39 is 0 Å². The molecule has 2 heterocycles. The third-order valence-electron chi connectivity index (χ3n) is 2.30. The number of thiophene rings is 1. The van der Waals surface area contributed by atoms with Gasteiger partial charge in [-0.2, -0.15) is 11.3 Å². The first-order chi connectivity index (χ1) is 7.77. The van der Waals surface area contributed by atoms with E-state index in [1.54, 1.807) is 23.7 Å². The Hall–Kier alpha value is -1.62. The Morgan fingerprint density at radius 2 is 2.44 bits per heavy atom. The monoisotopic (exact) mass is 235 g/mol. The fourth-order valence-corrected chi connectivity index (χ4v) is 2.25. The third-order valence-corrected chi connectivity index (χ3v) is 3.16. The number of rotatable bonds is 4. The Morgan fingerprint density at radius 1 is 1.56 bits per heavy atom. The number of aryl methyl sites for hydroxylation is 1. The van der Waals surface area contributed by atoms with Crippen molar-refractivity contribution in [1.29, 1.82) is 0 Å². The largest absolute Gasteiger partial charge is 0.352 e. The maximum atomic E-state index is 11.7. The Kier molecular flexibility index (Phi) is 3.36. The van der Waals surface area contributed by atoms with E-state index in [4.69, 9.17) is 0 Å². The van der Waals surface area contributed by atoms with Crippen LogP contribution in [0.25, 0.3) is 0 Å². The van der Waals surface area contributed by atoms with Crippen LogP contribution >= 0.6 is 11.3 Å². The summed E-state index contributed by atoms with van der Waals surface area (Å²) in [6.07, 6.45) is 4.21. The van der Waals surface area contributed by atoms with Gasteiger partial charge in [0.05, 0.1) is 5.56 Å². The molecule has 0 aliphatic rings. The van der Waals surface area contributed by atoms with Gasteiger partial charge in [0, 0.05) is 30.7 Å². The molecule has 0 fully saturated rings. The number of nitrogens with one attached hydrogen (secondary N) is 2. The molecule has 0 unspecified atom stereocenters. The van der Waals surface area contributed by atoms with Gasteiger partial charge in [-0.3, -0.25) is 4.79 Å². The molecule has 0 saturated heterocycles. The van der Waals surface area contributed by atoms with Crippen LogP contribution in [0.1, 0.15) is 21.7 Å². The van der Waals surface area contributed by atoms with Gasteiger partial charge < -0.3 is 10.3 Å². The number of nitrogens with zero attached hydrogens (tertiary/aromatic N) is 1. The molecule has 2 N–H and O–H groups in total. The van der Waals surface area contributed by atoms with Gasteiger partial charge in [0.1, 0.15) is 5.82 Å². The molecular formula is C11H13N3OS. The van der Waals surface area contributed by atoms with E-state index >= 15 is 0 Å². The average molecular weight is 235 g/mol. The normalized spacial score (nSPS) is 10.3. The van der Waals surface area contributed by atoms with Crippen LogP contribution in [0, 0.1) is 6.92 Å². The first kappa shape index (κ1) is 10.9. The molecule has 0 atom stereocenters. The van der Waals surface area contributed by atoms with E-state index in [0.717, 1.165) is 23.4 Å². The predicted molar refractivity (Wildman–Crippen MR) is 63.7 cm³/mol. The zero-order chi connectivity index (χ0) is 11.4. The fraction of sp³-hybridized carbons (Fsp3) is 0.273. The zero-order valence-corrected chi connectivity index (χ0v) is 9.80. The van der Waals surface area contributed by atoms with Gasteiger partial charge in [-0.15, -0.1) is 0 Å². The highest BCUT2D eigenvalue weighted by molar-refractivity contribution is 7.08. The second-order valence-electron chi connectivity index (χ2n) is 3.51. The molecule has 0 aromatic carbocycles. The minimum atomic E-state index is -0.00898. The molecule has 16 heavy (non-hydrogen) atoms.